The molecule has 0 saturated carbocycles. The van der Waals surface area contributed by atoms with E-state index in [1.54, 1.807) is 0 Å². The number of nitrogens with two attached hydrogens (primary N) is 1. The maximum atomic E-state index is 11.8. The Morgan fingerprint density at radius 2 is 1.86 bits per heavy atom. The number of hydrogen-bond acceptors (Lipinski definition) is 6. The number of rotatable bonds is 5. The third-order valence-corrected chi connectivity index (χ3v) is 5.18. The summed E-state index contributed by atoms with van der Waals surface area (Å²) in [6.07, 6.45) is 0.932. The average molecular weight is 336 g/mol. The number of nitrogens with one attached hydrogen (secondary N) is 1. The van der Waals surface area contributed by atoms with Gasteiger partial charge in [-0.1, -0.05) is 0 Å². The molecule has 1 unspecified atom stereocenters. The molecule has 1 aromatic carbocycles. The van der Waals surface area contributed by atoms with Crippen molar-refractivity contribution < 1.29 is 26.4 Å². The number of carbonyl (C=O) groups is 1. The van der Waals surface area contributed by atoms with Gasteiger partial charge in [-0.2, -0.15) is 0 Å². The first-order chi connectivity index (χ1) is 9.46. The van der Waals surface area contributed by atoms with Crippen molar-refractivity contribution in [2.24, 2.45) is 5.14 Å². The zero-order chi connectivity index (χ0) is 16.4. The predicted molar refractivity (Wildman–Crippen MR) is 77.3 cm³/mol. The van der Waals surface area contributed by atoms with Gasteiger partial charge in [-0.15, -0.1) is 0 Å². The summed E-state index contributed by atoms with van der Waals surface area (Å²) in [5.74, 6) is -0.755. The quantitative estimate of drug-likeness (QED) is 0.759. The number of methoxy groups -OCH3 is 1. The molecule has 0 aliphatic carbocycles. The Labute approximate surface area is 123 Å². The van der Waals surface area contributed by atoms with Crippen molar-refractivity contribution in [2.45, 2.75) is 17.1 Å². The van der Waals surface area contributed by atoms with Crippen molar-refractivity contribution in [3.8, 4) is 5.75 Å². The third-order valence-electron chi connectivity index (χ3n) is 2.75. The minimum atomic E-state index is -4.05. The molecule has 0 radical (unpaired) electrons. The number of carbonyl (C=O) groups excluding carboxylic acids is 1. The second-order valence-electron chi connectivity index (χ2n) is 4.37. The highest BCUT2D eigenvalue weighted by Crippen LogP contribution is 2.26. The summed E-state index contributed by atoms with van der Waals surface area (Å²) in [4.78, 5) is 11.5. The second-order valence-corrected chi connectivity index (χ2v) is 8.27. The molecule has 0 aromatic heterocycles. The lowest BCUT2D eigenvalue weighted by Gasteiger charge is -2.12. The molecule has 1 rings (SSSR count). The number of amides is 1. The van der Waals surface area contributed by atoms with E-state index in [1.165, 1.54) is 26.2 Å². The number of sulfone groups is 1. The number of anilines is 1. The first-order valence-electron chi connectivity index (χ1n) is 5.67. The lowest BCUT2D eigenvalue weighted by Crippen LogP contribution is -2.31. The van der Waals surface area contributed by atoms with Crippen molar-refractivity contribution in [2.75, 3.05) is 18.7 Å². The van der Waals surface area contributed by atoms with Gasteiger partial charge in [-0.05, 0) is 25.1 Å². The normalized spacial score (nSPS) is 13.5. The first kappa shape index (κ1) is 17.4. The summed E-state index contributed by atoms with van der Waals surface area (Å²) in [5, 5.41) is 6.10. The Morgan fingerprint density at radius 1 is 1.29 bits per heavy atom. The number of benzene rings is 1. The van der Waals surface area contributed by atoms with Crippen LogP contribution in [0.3, 0.4) is 0 Å². The molecule has 118 valence electrons. The van der Waals surface area contributed by atoms with Crippen LogP contribution in [0, 0.1) is 0 Å². The first-order valence-corrected chi connectivity index (χ1v) is 9.17. The fourth-order valence-corrected chi connectivity index (χ4v) is 2.59. The van der Waals surface area contributed by atoms with Crippen molar-refractivity contribution in [1.82, 2.24) is 0 Å². The summed E-state index contributed by atoms with van der Waals surface area (Å²) in [5.41, 5.74) is 0.0975. The molecule has 1 aromatic rings. The molecule has 0 saturated heterocycles. The zero-order valence-corrected chi connectivity index (χ0v) is 13.3. The molecule has 0 heterocycles. The van der Waals surface area contributed by atoms with Crippen LogP contribution in [0.15, 0.2) is 23.1 Å². The molecule has 0 aliphatic heterocycles. The summed E-state index contributed by atoms with van der Waals surface area (Å²) in [6, 6.07) is 3.78. The van der Waals surface area contributed by atoms with E-state index in [1.807, 2.05) is 0 Å². The molecule has 21 heavy (non-hydrogen) atoms. The van der Waals surface area contributed by atoms with Crippen LogP contribution in [0.5, 0.6) is 5.75 Å². The molecule has 0 fully saturated rings. The summed E-state index contributed by atoms with van der Waals surface area (Å²) in [7, 11) is -6.33. The second kappa shape index (κ2) is 6.00. The average Bonchev–Trinajstić information content (AvgIpc) is 2.35. The van der Waals surface area contributed by atoms with Crippen LogP contribution in [0.4, 0.5) is 5.69 Å². The van der Waals surface area contributed by atoms with E-state index in [0.29, 0.717) is 0 Å². The van der Waals surface area contributed by atoms with Gasteiger partial charge in [-0.3, -0.25) is 4.79 Å². The smallest absolute Gasteiger partial charge is 0.242 e. The van der Waals surface area contributed by atoms with Gasteiger partial charge in [-0.25, -0.2) is 22.0 Å². The minimum Gasteiger partial charge on any atom is -0.495 e. The number of sulfonamides is 1. The summed E-state index contributed by atoms with van der Waals surface area (Å²) in [6.45, 7) is 1.23. The van der Waals surface area contributed by atoms with Crippen LogP contribution in [0.2, 0.25) is 0 Å². The Kier molecular flexibility index (Phi) is 4.97. The van der Waals surface area contributed by atoms with Gasteiger partial charge in [0.1, 0.15) is 15.9 Å². The highest BCUT2D eigenvalue weighted by atomic mass is 32.2. The molecular weight excluding hydrogens is 320 g/mol. The van der Waals surface area contributed by atoms with Gasteiger partial charge < -0.3 is 10.1 Å². The Hall–Kier alpha value is -1.65. The largest absolute Gasteiger partial charge is 0.495 e. The molecule has 8 nitrogen and oxygen atoms in total. The monoisotopic (exact) mass is 336 g/mol. The number of primary sulfonamides is 1. The molecule has 1 amide bonds. The lowest BCUT2D eigenvalue weighted by atomic mass is 10.3. The zero-order valence-electron chi connectivity index (χ0n) is 11.7. The Morgan fingerprint density at radius 3 is 2.29 bits per heavy atom. The van der Waals surface area contributed by atoms with Crippen molar-refractivity contribution >= 4 is 31.5 Å². The van der Waals surface area contributed by atoms with Gasteiger partial charge in [0.05, 0.1) is 7.11 Å². The Bertz CT molecular complexity index is 755. The van der Waals surface area contributed by atoms with Crippen molar-refractivity contribution in [1.29, 1.82) is 0 Å². The SMILES string of the molecule is COc1ccc(NC(=O)C(C)S(C)(=O)=O)cc1S(N)(=O)=O. The van der Waals surface area contributed by atoms with Crippen LogP contribution in [-0.2, 0) is 24.7 Å². The lowest BCUT2D eigenvalue weighted by molar-refractivity contribution is -0.115. The van der Waals surface area contributed by atoms with Crippen LogP contribution in [0.25, 0.3) is 0 Å². The van der Waals surface area contributed by atoms with E-state index < -0.39 is 31.0 Å². The molecule has 0 bridgehead atoms. The molecule has 3 N–H and O–H groups in total. The van der Waals surface area contributed by atoms with E-state index >= 15 is 0 Å². The standard InChI is InChI=1S/C11H16N2O6S2/c1-7(20(3,15)16)11(14)13-8-4-5-9(19-2)10(6-8)21(12,17)18/h4-7H,1-3H3,(H,13,14)(H2,12,17,18). The minimum absolute atomic E-state index is 0.0201. The highest BCUT2D eigenvalue weighted by Gasteiger charge is 2.24. The van der Waals surface area contributed by atoms with Crippen LogP contribution >= 0.6 is 0 Å². The van der Waals surface area contributed by atoms with Crippen molar-refractivity contribution in [3.63, 3.8) is 0 Å². The van der Waals surface area contributed by atoms with Crippen molar-refractivity contribution in [3.05, 3.63) is 18.2 Å². The number of hydrogen-bond donors (Lipinski definition) is 2. The molecule has 10 heteroatoms. The van der Waals surface area contributed by atoms with Gasteiger partial charge in [0.15, 0.2) is 9.84 Å². The van der Waals surface area contributed by atoms with Gasteiger partial charge in [0.2, 0.25) is 15.9 Å². The van der Waals surface area contributed by atoms with Gasteiger partial charge >= 0.3 is 0 Å². The van der Waals surface area contributed by atoms with E-state index in [-0.39, 0.29) is 16.3 Å². The van der Waals surface area contributed by atoms with E-state index in [4.69, 9.17) is 9.88 Å². The van der Waals surface area contributed by atoms with Gasteiger partial charge in [0.25, 0.3) is 0 Å². The van der Waals surface area contributed by atoms with E-state index in [0.717, 1.165) is 12.3 Å². The van der Waals surface area contributed by atoms with Crippen LogP contribution in [0.1, 0.15) is 6.92 Å². The molecule has 1 atom stereocenters. The Balaban J connectivity index is 3.15. The maximum Gasteiger partial charge on any atom is 0.242 e. The fraction of sp³-hybridized carbons (Fsp3) is 0.364. The highest BCUT2D eigenvalue weighted by molar-refractivity contribution is 7.92. The topological polar surface area (TPSA) is 133 Å². The summed E-state index contributed by atoms with van der Waals surface area (Å²) < 4.78 is 50.3. The number of ether oxygens (including phenoxy) is 1. The van der Waals surface area contributed by atoms with E-state index in [2.05, 4.69) is 5.32 Å². The fourth-order valence-electron chi connectivity index (χ4n) is 1.42. The van der Waals surface area contributed by atoms with Gasteiger partial charge in [0, 0.05) is 11.9 Å². The maximum absolute atomic E-state index is 11.8. The van der Waals surface area contributed by atoms with E-state index in [9.17, 15) is 21.6 Å². The molecular formula is C11H16N2O6S2. The summed E-state index contributed by atoms with van der Waals surface area (Å²) >= 11 is 0. The third kappa shape index (κ3) is 4.41. The van der Waals surface area contributed by atoms with Crippen LogP contribution in [-0.4, -0.2) is 41.4 Å². The molecule has 0 aliphatic rings. The van der Waals surface area contributed by atoms with Crippen LogP contribution < -0.4 is 15.2 Å². The predicted octanol–water partition coefficient (Wildman–Crippen LogP) is -0.286. The molecule has 0 spiro atoms.